The third-order valence-electron chi connectivity index (χ3n) is 7.17. The molecule has 0 spiro atoms. The van der Waals surface area contributed by atoms with Crippen LogP contribution in [0.1, 0.15) is 0 Å². The van der Waals surface area contributed by atoms with Gasteiger partial charge in [0.2, 0.25) is 0 Å². The molecule has 0 atom stereocenters. The predicted molar refractivity (Wildman–Crippen MR) is 185 cm³/mol. The maximum atomic E-state index is 14.2. The standard InChI is InChI=1S/C42H28F2O6/c43-35-15-1-3-17-37(35)49-41-21-7-5-19-39(41)47-33-13-9-11-31(27-33)45-29-23-25-30(26-24-29)46-32-12-10-14-34(28-32)48-40-20-6-8-22-42(40)50-38-18-4-2-16-36(38)44/h1-28H. The summed E-state index contributed by atoms with van der Waals surface area (Å²) in [7, 11) is 0. The molecule has 0 saturated carbocycles. The van der Waals surface area contributed by atoms with Crippen molar-refractivity contribution in [2.45, 2.75) is 0 Å². The quantitative estimate of drug-likeness (QED) is 0.129. The number of rotatable bonds is 12. The summed E-state index contributed by atoms with van der Waals surface area (Å²) < 4.78 is 64.3. The average Bonchev–Trinajstić information content (AvgIpc) is 3.13. The fourth-order valence-electron chi connectivity index (χ4n) is 4.83. The maximum Gasteiger partial charge on any atom is 0.170 e. The lowest BCUT2D eigenvalue weighted by Crippen LogP contribution is -1.93. The number of ether oxygens (including phenoxy) is 6. The first-order valence-electron chi connectivity index (χ1n) is 15.6. The van der Waals surface area contributed by atoms with Crippen LogP contribution in [-0.4, -0.2) is 0 Å². The summed E-state index contributed by atoms with van der Waals surface area (Å²) in [6.45, 7) is 0. The molecule has 7 rings (SSSR count). The molecule has 7 aromatic rings. The maximum absolute atomic E-state index is 14.2. The van der Waals surface area contributed by atoms with E-state index >= 15 is 0 Å². The van der Waals surface area contributed by atoms with Gasteiger partial charge in [-0.3, -0.25) is 0 Å². The van der Waals surface area contributed by atoms with Gasteiger partial charge in [-0.1, -0.05) is 60.7 Å². The number of hydrogen-bond acceptors (Lipinski definition) is 6. The number of hydrogen-bond donors (Lipinski definition) is 0. The summed E-state index contributed by atoms with van der Waals surface area (Å²) in [4.78, 5) is 0. The first-order valence-corrected chi connectivity index (χ1v) is 15.6. The Labute approximate surface area is 287 Å². The van der Waals surface area contributed by atoms with Crippen molar-refractivity contribution < 1.29 is 37.2 Å². The Hall–Kier alpha value is -6.80. The van der Waals surface area contributed by atoms with E-state index in [2.05, 4.69) is 0 Å². The van der Waals surface area contributed by atoms with Gasteiger partial charge < -0.3 is 28.4 Å². The smallest absolute Gasteiger partial charge is 0.170 e. The fourth-order valence-corrected chi connectivity index (χ4v) is 4.83. The van der Waals surface area contributed by atoms with E-state index < -0.39 is 11.6 Å². The Morgan fingerprint density at radius 3 is 0.900 bits per heavy atom. The monoisotopic (exact) mass is 666 g/mol. The minimum absolute atomic E-state index is 0.100. The van der Waals surface area contributed by atoms with Crippen LogP contribution in [0.3, 0.4) is 0 Å². The normalized spacial score (nSPS) is 10.6. The summed E-state index contributed by atoms with van der Waals surface area (Å²) in [6.07, 6.45) is 0. The number of halogens is 2. The Morgan fingerprint density at radius 2 is 0.540 bits per heavy atom. The largest absolute Gasteiger partial charge is 0.457 e. The van der Waals surface area contributed by atoms with Crippen molar-refractivity contribution in [2.75, 3.05) is 0 Å². The molecule has 7 aromatic carbocycles. The molecule has 0 fully saturated rings. The first kappa shape index (κ1) is 31.8. The van der Waals surface area contributed by atoms with E-state index in [0.29, 0.717) is 57.5 Å². The molecule has 0 saturated heterocycles. The molecule has 0 aliphatic carbocycles. The Kier molecular flexibility index (Phi) is 9.51. The highest BCUT2D eigenvalue weighted by atomic mass is 19.1. The molecule has 0 unspecified atom stereocenters. The predicted octanol–water partition coefficient (Wildman–Crippen LogP) is 12.7. The van der Waals surface area contributed by atoms with Gasteiger partial charge in [0.05, 0.1) is 0 Å². The van der Waals surface area contributed by atoms with Gasteiger partial charge in [0, 0.05) is 12.1 Å². The third-order valence-corrected chi connectivity index (χ3v) is 7.17. The Bertz CT molecular complexity index is 2060. The summed E-state index contributed by atoms with van der Waals surface area (Å²) in [5.41, 5.74) is 0. The zero-order valence-corrected chi connectivity index (χ0v) is 26.4. The molecule has 0 bridgehead atoms. The van der Waals surface area contributed by atoms with Crippen LogP contribution in [0.2, 0.25) is 0 Å². The number of benzene rings is 7. The molecule has 0 radical (unpaired) electrons. The molecule has 8 heteroatoms. The Balaban J connectivity index is 0.985. The van der Waals surface area contributed by atoms with Crippen LogP contribution in [0.15, 0.2) is 170 Å². The average molecular weight is 667 g/mol. The van der Waals surface area contributed by atoms with Crippen LogP contribution >= 0.6 is 0 Å². The van der Waals surface area contributed by atoms with Crippen LogP contribution < -0.4 is 28.4 Å². The SMILES string of the molecule is Fc1ccccc1Oc1ccccc1Oc1cccc(Oc2ccc(Oc3cccc(Oc4ccccc4Oc4ccccc4F)c3)cc2)c1. The lowest BCUT2D eigenvalue weighted by molar-refractivity contribution is 0.400. The number of para-hydroxylation sites is 6. The Morgan fingerprint density at radius 1 is 0.240 bits per heavy atom. The van der Waals surface area contributed by atoms with Crippen LogP contribution in [0.25, 0.3) is 0 Å². The summed E-state index contributed by atoms with van der Waals surface area (Å²) in [6, 6.07) is 47.9. The van der Waals surface area contributed by atoms with Crippen molar-refractivity contribution in [3.05, 3.63) is 181 Å². The third kappa shape index (κ3) is 8.00. The van der Waals surface area contributed by atoms with E-state index in [-0.39, 0.29) is 11.5 Å². The highest BCUT2D eigenvalue weighted by Crippen LogP contribution is 2.38. The topological polar surface area (TPSA) is 55.4 Å². The summed E-state index contributed by atoms with van der Waals surface area (Å²) in [5.74, 6) is 4.13. The highest BCUT2D eigenvalue weighted by Gasteiger charge is 2.12. The van der Waals surface area contributed by atoms with Gasteiger partial charge in [-0.2, -0.15) is 0 Å². The van der Waals surface area contributed by atoms with Crippen molar-refractivity contribution in [1.29, 1.82) is 0 Å². The van der Waals surface area contributed by atoms with E-state index in [9.17, 15) is 8.78 Å². The molecule has 246 valence electrons. The molecule has 6 nitrogen and oxygen atoms in total. The summed E-state index contributed by atoms with van der Waals surface area (Å²) >= 11 is 0. The first-order chi connectivity index (χ1) is 24.6. The molecule has 0 heterocycles. The van der Waals surface area contributed by atoms with Gasteiger partial charge in [0.25, 0.3) is 0 Å². The zero-order chi connectivity index (χ0) is 34.1. The van der Waals surface area contributed by atoms with E-state index in [1.165, 1.54) is 12.1 Å². The second-order valence-corrected chi connectivity index (χ2v) is 10.8. The van der Waals surface area contributed by atoms with Crippen molar-refractivity contribution in [1.82, 2.24) is 0 Å². The van der Waals surface area contributed by atoms with Gasteiger partial charge in [-0.15, -0.1) is 0 Å². The van der Waals surface area contributed by atoms with Crippen molar-refractivity contribution >= 4 is 0 Å². The van der Waals surface area contributed by atoms with Crippen molar-refractivity contribution in [2.24, 2.45) is 0 Å². The molecule has 0 aromatic heterocycles. The molecule has 0 aliphatic rings. The second-order valence-electron chi connectivity index (χ2n) is 10.8. The van der Waals surface area contributed by atoms with Gasteiger partial charge in [-0.05, 0) is 97.1 Å². The van der Waals surface area contributed by atoms with Crippen LogP contribution in [0.4, 0.5) is 8.78 Å². The lowest BCUT2D eigenvalue weighted by atomic mass is 10.3. The molecular formula is C42H28F2O6. The van der Waals surface area contributed by atoms with Gasteiger partial charge in [0.1, 0.15) is 34.5 Å². The minimum Gasteiger partial charge on any atom is -0.457 e. The van der Waals surface area contributed by atoms with Gasteiger partial charge in [-0.25, -0.2) is 8.78 Å². The molecule has 50 heavy (non-hydrogen) atoms. The minimum atomic E-state index is -0.469. The van der Waals surface area contributed by atoms with E-state index in [1.54, 1.807) is 133 Å². The van der Waals surface area contributed by atoms with Crippen LogP contribution in [0, 0.1) is 11.6 Å². The molecule has 0 N–H and O–H groups in total. The van der Waals surface area contributed by atoms with Crippen molar-refractivity contribution in [3.63, 3.8) is 0 Å². The zero-order valence-electron chi connectivity index (χ0n) is 26.4. The van der Waals surface area contributed by atoms with Crippen LogP contribution in [0.5, 0.6) is 69.0 Å². The van der Waals surface area contributed by atoms with Crippen molar-refractivity contribution in [3.8, 4) is 69.0 Å². The second kappa shape index (κ2) is 15.0. The van der Waals surface area contributed by atoms with E-state index in [4.69, 9.17) is 28.4 Å². The van der Waals surface area contributed by atoms with Gasteiger partial charge >= 0.3 is 0 Å². The molecule has 0 aliphatic heterocycles. The van der Waals surface area contributed by atoms with Crippen LogP contribution in [-0.2, 0) is 0 Å². The van der Waals surface area contributed by atoms with E-state index in [1.807, 2.05) is 24.3 Å². The van der Waals surface area contributed by atoms with E-state index in [0.717, 1.165) is 0 Å². The van der Waals surface area contributed by atoms with Gasteiger partial charge in [0.15, 0.2) is 46.1 Å². The highest BCUT2D eigenvalue weighted by molar-refractivity contribution is 5.49. The summed E-state index contributed by atoms with van der Waals surface area (Å²) in [5, 5.41) is 0. The lowest BCUT2D eigenvalue weighted by Gasteiger charge is -2.14. The molecular weight excluding hydrogens is 638 g/mol. The fraction of sp³-hybridized carbons (Fsp3) is 0. The molecule has 0 amide bonds.